The summed E-state index contributed by atoms with van der Waals surface area (Å²) in [6.45, 7) is 4.38. The summed E-state index contributed by atoms with van der Waals surface area (Å²) in [5, 5.41) is 5.10. The van der Waals surface area contributed by atoms with E-state index in [0.717, 1.165) is 45.2 Å². The van der Waals surface area contributed by atoms with Gasteiger partial charge in [0.1, 0.15) is 12.4 Å². The quantitative estimate of drug-likeness (QED) is 0.226. The third kappa shape index (κ3) is 4.56. The number of nitrogens with zero attached hydrogens (tertiary/aromatic N) is 2. The molecule has 3 aromatic carbocycles. The molecule has 0 radical (unpaired) electrons. The van der Waals surface area contributed by atoms with E-state index in [0.29, 0.717) is 11.6 Å². The Morgan fingerprint density at radius 1 is 0.938 bits per heavy atom. The van der Waals surface area contributed by atoms with Crippen LogP contribution in [0.4, 0.5) is 0 Å². The van der Waals surface area contributed by atoms with Gasteiger partial charge in [-0.1, -0.05) is 71.4 Å². The molecule has 1 heterocycles. The smallest absolute Gasteiger partial charge is 0.145 e. The van der Waals surface area contributed by atoms with E-state index in [9.17, 15) is 0 Å². The Balaban J connectivity index is 1.70. The van der Waals surface area contributed by atoms with Gasteiger partial charge in [0.25, 0.3) is 0 Å². The van der Waals surface area contributed by atoms with Gasteiger partial charge in [0.05, 0.1) is 18.5 Å². The number of hydrogen-bond acceptors (Lipinski definition) is 3. The number of halogens is 1. The van der Waals surface area contributed by atoms with Crippen LogP contribution in [0.5, 0.6) is 5.75 Å². The predicted molar refractivity (Wildman–Crippen MR) is 131 cm³/mol. The van der Waals surface area contributed by atoms with Gasteiger partial charge in [-0.25, -0.2) is 0 Å². The van der Waals surface area contributed by atoms with E-state index in [1.807, 2.05) is 67.6 Å². The molecule has 0 saturated carbocycles. The highest BCUT2D eigenvalue weighted by Gasteiger charge is 2.17. The SMILES string of the molecule is COc1ccccc1CO/N=C(/C)c1cc(-c2ccccc2)n(-c2cccc(Cl)c2)c1C. The average Bonchev–Trinajstić information content (AvgIpc) is 3.17. The van der Waals surface area contributed by atoms with Gasteiger partial charge in [-0.3, -0.25) is 0 Å². The highest BCUT2D eigenvalue weighted by atomic mass is 35.5. The predicted octanol–water partition coefficient (Wildman–Crippen LogP) is 7.06. The van der Waals surface area contributed by atoms with Gasteiger partial charge in [-0.05, 0) is 49.7 Å². The number of methoxy groups -OCH3 is 1. The first-order chi connectivity index (χ1) is 15.6. The summed E-state index contributed by atoms with van der Waals surface area (Å²) in [6.07, 6.45) is 0. The standard InChI is InChI=1S/C27H25ClN2O2/c1-19(29-32-18-22-12-7-8-15-27(22)31-3)25-17-26(21-10-5-4-6-11-21)30(20(25)2)24-14-9-13-23(28)16-24/h4-17H,18H2,1-3H3/b29-19-. The van der Waals surface area contributed by atoms with Crippen LogP contribution in [0.1, 0.15) is 23.7 Å². The molecule has 0 atom stereocenters. The molecule has 1 aromatic heterocycles. The molecular formula is C27H25ClN2O2. The summed E-state index contributed by atoms with van der Waals surface area (Å²) in [7, 11) is 1.65. The summed E-state index contributed by atoms with van der Waals surface area (Å²) in [4.78, 5) is 5.69. The normalized spacial score (nSPS) is 11.4. The van der Waals surface area contributed by atoms with Crippen molar-refractivity contribution in [1.82, 2.24) is 4.57 Å². The van der Waals surface area contributed by atoms with Crippen LogP contribution in [0.25, 0.3) is 16.9 Å². The van der Waals surface area contributed by atoms with E-state index in [1.54, 1.807) is 7.11 Å². The number of para-hydroxylation sites is 1. The largest absolute Gasteiger partial charge is 0.496 e. The van der Waals surface area contributed by atoms with Crippen molar-refractivity contribution < 1.29 is 9.57 Å². The lowest BCUT2D eigenvalue weighted by Crippen LogP contribution is -2.03. The second kappa shape index (κ2) is 9.75. The van der Waals surface area contributed by atoms with Gasteiger partial charge in [0.2, 0.25) is 0 Å². The van der Waals surface area contributed by atoms with Crippen molar-refractivity contribution in [2.24, 2.45) is 5.16 Å². The molecule has 4 nitrogen and oxygen atoms in total. The van der Waals surface area contributed by atoms with Crippen LogP contribution in [0.3, 0.4) is 0 Å². The number of ether oxygens (including phenoxy) is 1. The monoisotopic (exact) mass is 444 g/mol. The lowest BCUT2D eigenvalue weighted by Gasteiger charge is -2.13. The molecule has 32 heavy (non-hydrogen) atoms. The first-order valence-electron chi connectivity index (χ1n) is 10.4. The molecular weight excluding hydrogens is 420 g/mol. The van der Waals surface area contributed by atoms with Crippen LogP contribution in [0.2, 0.25) is 5.02 Å². The van der Waals surface area contributed by atoms with E-state index in [-0.39, 0.29) is 0 Å². The molecule has 0 aliphatic rings. The zero-order valence-electron chi connectivity index (χ0n) is 18.4. The van der Waals surface area contributed by atoms with Crippen molar-refractivity contribution in [3.8, 4) is 22.7 Å². The molecule has 0 aliphatic heterocycles. The molecule has 0 unspecified atom stereocenters. The number of hydrogen-bond donors (Lipinski definition) is 0. The summed E-state index contributed by atoms with van der Waals surface area (Å²) < 4.78 is 7.59. The van der Waals surface area contributed by atoms with Crippen molar-refractivity contribution in [3.05, 3.63) is 107 Å². The Labute approximate surface area is 193 Å². The highest BCUT2D eigenvalue weighted by molar-refractivity contribution is 6.30. The van der Waals surface area contributed by atoms with Crippen LogP contribution in [0, 0.1) is 6.92 Å². The number of rotatable bonds is 7. The van der Waals surface area contributed by atoms with Gasteiger partial charge in [-0.15, -0.1) is 0 Å². The summed E-state index contributed by atoms with van der Waals surface area (Å²) >= 11 is 6.30. The van der Waals surface area contributed by atoms with Crippen molar-refractivity contribution in [2.75, 3.05) is 7.11 Å². The van der Waals surface area contributed by atoms with Crippen LogP contribution < -0.4 is 4.74 Å². The molecule has 0 amide bonds. The maximum Gasteiger partial charge on any atom is 0.145 e. The molecule has 0 spiro atoms. The number of oxime groups is 1. The second-order valence-corrected chi connectivity index (χ2v) is 7.91. The summed E-state index contributed by atoms with van der Waals surface area (Å²) in [6, 6.07) is 28.1. The second-order valence-electron chi connectivity index (χ2n) is 7.47. The summed E-state index contributed by atoms with van der Waals surface area (Å²) in [5.74, 6) is 0.787. The molecule has 162 valence electrons. The Morgan fingerprint density at radius 3 is 2.44 bits per heavy atom. The first kappa shape index (κ1) is 21.7. The molecule has 0 fully saturated rings. The van der Waals surface area contributed by atoms with E-state index in [4.69, 9.17) is 21.2 Å². The molecule has 0 N–H and O–H groups in total. The number of aromatic nitrogens is 1. The Hall–Kier alpha value is -3.50. The first-order valence-corrected chi connectivity index (χ1v) is 10.8. The minimum absolute atomic E-state index is 0.334. The van der Waals surface area contributed by atoms with Crippen molar-refractivity contribution in [3.63, 3.8) is 0 Å². The van der Waals surface area contributed by atoms with Gasteiger partial charge in [0, 0.05) is 27.5 Å². The Morgan fingerprint density at radius 2 is 1.69 bits per heavy atom. The minimum atomic E-state index is 0.334. The lowest BCUT2D eigenvalue weighted by atomic mass is 10.1. The lowest BCUT2D eigenvalue weighted by molar-refractivity contribution is 0.128. The van der Waals surface area contributed by atoms with E-state index < -0.39 is 0 Å². The van der Waals surface area contributed by atoms with Crippen molar-refractivity contribution >= 4 is 17.3 Å². The van der Waals surface area contributed by atoms with Crippen molar-refractivity contribution in [1.29, 1.82) is 0 Å². The zero-order chi connectivity index (χ0) is 22.5. The van der Waals surface area contributed by atoms with Crippen LogP contribution >= 0.6 is 11.6 Å². The van der Waals surface area contributed by atoms with Crippen LogP contribution in [-0.2, 0) is 11.4 Å². The third-order valence-electron chi connectivity index (χ3n) is 5.39. The third-order valence-corrected chi connectivity index (χ3v) is 5.62. The number of benzene rings is 3. The van der Waals surface area contributed by atoms with Gasteiger partial charge in [0.15, 0.2) is 0 Å². The molecule has 4 aromatic rings. The Bertz CT molecular complexity index is 1250. The van der Waals surface area contributed by atoms with Crippen LogP contribution in [0.15, 0.2) is 90.1 Å². The van der Waals surface area contributed by atoms with Crippen molar-refractivity contribution in [2.45, 2.75) is 20.5 Å². The topological polar surface area (TPSA) is 35.8 Å². The van der Waals surface area contributed by atoms with Gasteiger partial charge < -0.3 is 14.1 Å². The highest BCUT2D eigenvalue weighted by Crippen LogP contribution is 2.31. The molecule has 5 heteroatoms. The Kier molecular flexibility index (Phi) is 6.62. The van der Waals surface area contributed by atoms with Gasteiger partial charge in [-0.2, -0.15) is 0 Å². The maximum atomic E-state index is 6.30. The molecule has 0 aliphatic carbocycles. The molecule has 4 rings (SSSR count). The average molecular weight is 445 g/mol. The van der Waals surface area contributed by atoms with Gasteiger partial charge >= 0.3 is 0 Å². The van der Waals surface area contributed by atoms with E-state index >= 15 is 0 Å². The van der Waals surface area contributed by atoms with E-state index in [1.165, 1.54) is 0 Å². The maximum absolute atomic E-state index is 6.30. The summed E-state index contributed by atoms with van der Waals surface area (Å²) in [5.41, 5.74) is 7.02. The molecule has 0 saturated heterocycles. The fourth-order valence-corrected chi connectivity index (χ4v) is 4.00. The van der Waals surface area contributed by atoms with E-state index in [2.05, 4.69) is 40.9 Å². The fourth-order valence-electron chi connectivity index (χ4n) is 3.81. The minimum Gasteiger partial charge on any atom is -0.496 e. The fraction of sp³-hybridized carbons (Fsp3) is 0.148. The zero-order valence-corrected chi connectivity index (χ0v) is 19.1. The van der Waals surface area contributed by atoms with Crippen LogP contribution in [-0.4, -0.2) is 17.4 Å². The molecule has 0 bridgehead atoms.